The second-order valence-electron chi connectivity index (χ2n) is 4.97. The first kappa shape index (κ1) is 16.7. The fourth-order valence-electron chi connectivity index (χ4n) is 2.05. The molecule has 1 aromatic carbocycles. The lowest BCUT2D eigenvalue weighted by Gasteiger charge is -2.23. The van der Waals surface area contributed by atoms with Crippen molar-refractivity contribution in [2.24, 2.45) is 0 Å². The van der Waals surface area contributed by atoms with Crippen molar-refractivity contribution in [1.29, 1.82) is 0 Å². The molecule has 9 nitrogen and oxygen atoms in total. The second-order valence-corrected chi connectivity index (χ2v) is 4.97. The Bertz CT molecular complexity index is 507. The smallest absolute Gasteiger partial charge is 0.269 e. The molecule has 122 valence electrons. The molecule has 0 spiro atoms. The van der Waals surface area contributed by atoms with Gasteiger partial charge in [-0.2, -0.15) is 0 Å². The van der Waals surface area contributed by atoms with Crippen molar-refractivity contribution >= 4 is 5.69 Å². The third-order valence-electron chi connectivity index (χ3n) is 3.33. The summed E-state index contributed by atoms with van der Waals surface area (Å²) in [5.74, 6) is 0. The highest BCUT2D eigenvalue weighted by Crippen LogP contribution is 2.25. The number of nitro benzene ring substituents is 1. The SMILES string of the molecule is O=[N+]([O-])c1cccc(C2OC[C@@H](O)[C@@H](O)[C@H](O)[C@@H](O)CO2)c1. The molecule has 0 radical (unpaired) electrons. The molecule has 0 amide bonds. The van der Waals surface area contributed by atoms with Crippen molar-refractivity contribution in [1.82, 2.24) is 0 Å². The minimum absolute atomic E-state index is 0.161. The van der Waals surface area contributed by atoms with E-state index in [9.17, 15) is 30.5 Å². The van der Waals surface area contributed by atoms with Gasteiger partial charge in [-0.3, -0.25) is 10.1 Å². The Morgan fingerprint density at radius 2 is 1.59 bits per heavy atom. The van der Waals surface area contributed by atoms with Gasteiger partial charge in [-0.1, -0.05) is 12.1 Å². The molecule has 1 aliphatic rings. The van der Waals surface area contributed by atoms with Crippen LogP contribution in [0.2, 0.25) is 0 Å². The van der Waals surface area contributed by atoms with E-state index in [1.165, 1.54) is 24.3 Å². The lowest BCUT2D eigenvalue weighted by Crippen LogP contribution is -2.46. The van der Waals surface area contributed by atoms with Crippen molar-refractivity contribution in [3.8, 4) is 0 Å². The van der Waals surface area contributed by atoms with Crippen LogP contribution < -0.4 is 0 Å². The van der Waals surface area contributed by atoms with E-state index in [1.54, 1.807) is 0 Å². The van der Waals surface area contributed by atoms with E-state index in [-0.39, 0.29) is 18.9 Å². The largest absolute Gasteiger partial charge is 0.388 e. The summed E-state index contributed by atoms with van der Waals surface area (Å²) in [5.41, 5.74) is 0.158. The van der Waals surface area contributed by atoms with Gasteiger partial charge in [0, 0.05) is 17.7 Å². The van der Waals surface area contributed by atoms with E-state index in [2.05, 4.69) is 0 Å². The minimum Gasteiger partial charge on any atom is -0.388 e. The highest BCUT2D eigenvalue weighted by molar-refractivity contribution is 5.34. The summed E-state index contributed by atoms with van der Waals surface area (Å²) in [6.45, 7) is -0.753. The summed E-state index contributed by atoms with van der Waals surface area (Å²) in [7, 11) is 0. The zero-order valence-corrected chi connectivity index (χ0v) is 11.5. The van der Waals surface area contributed by atoms with Gasteiger partial charge in [-0.25, -0.2) is 0 Å². The third-order valence-corrected chi connectivity index (χ3v) is 3.33. The van der Waals surface area contributed by atoms with Crippen LogP contribution in [0.5, 0.6) is 0 Å². The van der Waals surface area contributed by atoms with Crippen molar-refractivity contribution in [2.45, 2.75) is 30.7 Å². The Morgan fingerprint density at radius 3 is 2.09 bits per heavy atom. The van der Waals surface area contributed by atoms with E-state index >= 15 is 0 Å². The van der Waals surface area contributed by atoms with Crippen molar-refractivity contribution < 1.29 is 34.8 Å². The van der Waals surface area contributed by atoms with Gasteiger partial charge >= 0.3 is 0 Å². The molecule has 0 bridgehead atoms. The summed E-state index contributed by atoms with van der Waals surface area (Å²) in [6.07, 6.45) is -7.15. The highest BCUT2D eigenvalue weighted by Gasteiger charge is 2.34. The zero-order chi connectivity index (χ0) is 16.3. The Balaban J connectivity index is 2.20. The number of nitro groups is 1. The number of nitrogens with zero attached hydrogens (tertiary/aromatic N) is 1. The lowest BCUT2D eigenvalue weighted by molar-refractivity contribution is -0.385. The molecular weight excluding hydrogens is 298 g/mol. The molecule has 1 saturated heterocycles. The molecule has 0 aromatic heterocycles. The van der Waals surface area contributed by atoms with E-state index in [4.69, 9.17) is 9.47 Å². The first-order chi connectivity index (χ1) is 10.4. The predicted molar refractivity (Wildman–Crippen MR) is 71.8 cm³/mol. The molecule has 1 aromatic rings. The van der Waals surface area contributed by atoms with Crippen LogP contribution in [0.1, 0.15) is 11.9 Å². The number of hydrogen-bond donors (Lipinski definition) is 4. The van der Waals surface area contributed by atoms with Gasteiger partial charge in [0.15, 0.2) is 6.29 Å². The third kappa shape index (κ3) is 3.77. The molecule has 1 unspecified atom stereocenters. The van der Waals surface area contributed by atoms with Crippen LogP contribution >= 0.6 is 0 Å². The Morgan fingerprint density at radius 1 is 1.05 bits per heavy atom. The first-order valence-electron chi connectivity index (χ1n) is 6.60. The lowest BCUT2D eigenvalue weighted by atomic mass is 10.0. The molecule has 2 rings (SSSR count). The molecule has 0 aliphatic carbocycles. The molecule has 1 heterocycles. The van der Waals surface area contributed by atoms with Gasteiger partial charge in [0.05, 0.1) is 18.1 Å². The molecule has 5 atom stereocenters. The van der Waals surface area contributed by atoms with Crippen molar-refractivity contribution in [3.05, 3.63) is 39.9 Å². The predicted octanol–water partition coefficient (Wildman–Crippen LogP) is -0.916. The van der Waals surface area contributed by atoms with E-state index < -0.39 is 35.6 Å². The second kappa shape index (κ2) is 7.09. The van der Waals surface area contributed by atoms with Crippen LogP contribution in [0, 0.1) is 10.1 Å². The summed E-state index contributed by atoms with van der Waals surface area (Å²) in [6, 6.07) is 5.52. The molecule has 4 N–H and O–H groups in total. The van der Waals surface area contributed by atoms with Crippen LogP contribution in [-0.4, -0.2) is 63.0 Å². The Hall–Kier alpha value is -1.62. The number of non-ortho nitro benzene ring substituents is 1. The van der Waals surface area contributed by atoms with E-state index in [1.807, 2.05) is 0 Å². The molecule has 1 fully saturated rings. The minimum atomic E-state index is -1.59. The van der Waals surface area contributed by atoms with E-state index in [0.717, 1.165) is 0 Å². The number of aliphatic hydroxyl groups is 4. The van der Waals surface area contributed by atoms with Gasteiger partial charge < -0.3 is 29.9 Å². The van der Waals surface area contributed by atoms with Crippen LogP contribution in [-0.2, 0) is 9.47 Å². The number of benzene rings is 1. The van der Waals surface area contributed by atoms with Gasteiger partial charge in [0.25, 0.3) is 5.69 Å². The quantitative estimate of drug-likeness (QED) is 0.405. The molecular formula is C13H17NO8. The van der Waals surface area contributed by atoms with Gasteiger partial charge in [0.2, 0.25) is 0 Å². The normalized spacial score (nSPS) is 33.5. The average molecular weight is 315 g/mol. The Kier molecular flexibility index (Phi) is 5.40. The van der Waals surface area contributed by atoms with Gasteiger partial charge in [-0.05, 0) is 0 Å². The topological polar surface area (TPSA) is 143 Å². The Labute approximate surface area is 125 Å². The highest BCUT2D eigenvalue weighted by atomic mass is 16.7. The van der Waals surface area contributed by atoms with Gasteiger partial charge in [-0.15, -0.1) is 0 Å². The maximum absolute atomic E-state index is 10.8. The van der Waals surface area contributed by atoms with Gasteiger partial charge in [0.1, 0.15) is 24.4 Å². The van der Waals surface area contributed by atoms with Crippen LogP contribution in [0.15, 0.2) is 24.3 Å². The number of aliphatic hydroxyl groups excluding tert-OH is 4. The summed E-state index contributed by atoms with van der Waals surface area (Å²) < 4.78 is 10.6. The molecule has 1 aliphatic heterocycles. The monoisotopic (exact) mass is 315 g/mol. The fourth-order valence-corrected chi connectivity index (χ4v) is 2.05. The number of hydrogen-bond acceptors (Lipinski definition) is 8. The average Bonchev–Trinajstić information content (AvgIpc) is 2.56. The molecule has 22 heavy (non-hydrogen) atoms. The zero-order valence-electron chi connectivity index (χ0n) is 11.5. The summed E-state index contributed by atoms with van der Waals surface area (Å²) in [5, 5.41) is 49.4. The van der Waals surface area contributed by atoms with E-state index in [0.29, 0.717) is 5.56 Å². The first-order valence-corrected chi connectivity index (χ1v) is 6.60. The van der Waals surface area contributed by atoms with Crippen LogP contribution in [0.3, 0.4) is 0 Å². The summed E-state index contributed by atoms with van der Waals surface area (Å²) in [4.78, 5) is 10.2. The van der Waals surface area contributed by atoms with Crippen LogP contribution in [0.25, 0.3) is 0 Å². The number of ether oxygens (including phenoxy) is 2. The maximum atomic E-state index is 10.8. The van der Waals surface area contributed by atoms with Crippen molar-refractivity contribution in [2.75, 3.05) is 13.2 Å². The standard InChI is InChI=1S/C13H17NO8/c15-9-5-21-13(22-6-10(16)12(18)11(9)17)7-2-1-3-8(4-7)14(19)20/h1-4,9-13,15-18H,5-6H2/t9-,10+,11-,12-,13?/m1/s1. The molecule has 0 saturated carbocycles. The maximum Gasteiger partial charge on any atom is 0.269 e. The fraction of sp³-hybridized carbons (Fsp3) is 0.538. The van der Waals surface area contributed by atoms with Crippen molar-refractivity contribution in [3.63, 3.8) is 0 Å². The van der Waals surface area contributed by atoms with Crippen LogP contribution in [0.4, 0.5) is 5.69 Å². The number of rotatable bonds is 2. The molecule has 9 heteroatoms. The summed E-state index contributed by atoms with van der Waals surface area (Å²) >= 11 is 0.